The molecule has 4 aromatic rings. The molecule has 3 N–H and O–H groups in total. The van der Waals surface area contributed by atoms with Gasteiger partial charge in [0.25, 0.3) is 0 Å². The number of methoxy groups -OCH3 is 2. The van der Waals surface area contributed by atoms with Crippen LogP contribution in [0, 0.1) is 23.7 Å². The minimum absolute atomic E-state index is 0.299. The highest BCUT2D eigenvalue weighted by molar-refractivity contribution is 7.66. The highest BCUT2D eigenvalue weighted by Gasteiger charge is 2.23. The summed E-state index contributed by atoms with van der Waals surface area (Å²) in [5, 5.41) is 3.46. The van der Waals surface area contributed by atoms with Crippen LogP contribution in [0.2, 0.25) is 0 Å². The number of rotatable bonds is 17. The maximum Gasteiger partial charge on any atom is 0.247 e. The molecule has 0 aliphatic rings. The van der Waals surface area contributed by atoms with Crippen molar-refractivity contribution in [2.45, 2.75) is 26.9 Å². The average Bonchev–Trinajstić information content (AvgIpc) is 3.15. The molecule has 11 nitrogen and oxygen atoms in total. The van der Waals surface area contributed by atoms with Crippen LogP contribution >= 0.6 is 14.7 Å². The summed E-state index contributed by atoms with van der Waals surface area (Å²) in [6.07, 6.45) is 0. The molecule has 53 heavy (non-hydrogen) atoms. The molecule has 2 atom stereocenters. The minimum Gasteiger partial charge on any atom is -0.497 e. The summed E-state index contributed by atoms with van der Waals surface area (Å²) in [6, 6.07) is 22.2. The summed E-state index contributed by atoms with van der Waals surface area (Å²) < 4.78 is 48.6. The van der Waals surface area contributed by atoms with E-state index in [1.54, 1.807) is 46.6 Å². The van der Waals surface area contributed by atoms with Crippen LogP contribution in [0.1, 0.15) is 47.5 Å². The van der Waals surface area contributed by atoms with Gasteiger partial charge >= 0.3 is 0 Å². The van der Waals surface area contributed by atoms with Crippen LogP contribution in [0.4, 0.5) is 0 Å². The normalized spacial score (nSPS) is 13.2. The van der Waals surface area contributed by atoms with Crippen molar-refractivity contribution in [2.75, 3.05) is 66.9 Å². The molecule has 2 aromatic carbocycles. The fourth-order valence-corrected chi connectivity index (χ4v) is 7.89. The fraction of sp³-hybridized carbons (Fsp3) is 0.350. The number of nitrogens with one attached hydrogen (secondary N) is 1. The highest BCUT2D eigenvalue weighted by Crippen LogP contribution is 2.41. The average molecular weight is 758 g/mol. The topological polar surface area (TPSA) is 138 Å². The second-order valence-corrected chi connectivity index (χ2v) is 17.0. The van der Waals surface area contributed by atoms with Gasteiger partial charge in [0.05, 0.1) is 38.8 Å². The molecule has 13 heteroatoms. The van der Waals surface area contributed by atoms with Crippen molar-refractivity contribution >= 4 is 25.6 Å². The molecule has 280 valence electrons. The maximum atomic E-state index is 13.5. The van der Waals surface area contributed by atoms with Crippen LogP contribution < -0.4 is 31.4 Å². The third kappa shape index (κ3) is 13.0. The largest absolute Gasteiger partial charge is 0.497 e. The predicted molar refractivity (Wildman–Crippen MR) is 212 cm³/mol. The second kappa shape index (κ2) is 20.3. The van der Waals surface area contributed by atoms with Crippen molar-refractivity contribution in [3.63, 3.8) is 0 Å². The third-order valence-electron chi connectivity index (χ3n) is 7.94. The lowest BCUT2D eigenvalue weighted by atomic mass is 10.1. The van der Waals surface area contributed by atoms with Crippen LogP contribution in [0.5, 0.6) is 11.5 Å². The van der Waals surface area contributed by atoms with E-state index in [0.29, 0.717) is 85.9 Å². The Labute approximate surface area is 313 Å². The van der Waals surface area contributed by atoms with Gasteiger partial charge in [-0.2, -0.15) is 0 Å². The minimum atomic E-state index is -3.18. The van der Waals surface area contributed by atoms with Crippen molar-refractivity contribution < 1.29 is 27.7 Å². The lowest BCUT2D eigenvalue weighted by Crippen LogP contribution is -2.36. The van der Waals surface area contributed by atoms with Crippen LogP contribution in [0.25, 0.3) is 0 Å². The van der Waals surface area contributed by atoms with Crippen molar-refractivity contribution in [1.29, 1.82) is 0 Å². The highest BCUT2D eigenvalue weighted by atomic mass is 31.2. The molecule has 0 spiro atoms. The summed E-state index contributed by atoms with van der Waals surface area (Å²) in [5.41, 5.74) is 11.2. The Morgan fingerprint density at radius 2 is 1.13 bits per heavy atom. The number of hydrogen-bond donors (Lipinski definition) is 2. The van der Waals surface area contributed by atoms with Crippen LogP contribution in [-0.4, -0.2) is 81.8 Å². The summed E-state index contributed by atoms with van der Waals surface area (Å²) >= 11 is 0. The molecule has 0 fully saturated rings. The van der Waals surface area contributed by atoms with Crippen molar-refractivity contribution in [3.8, 4) is 35.2 Å². The lowest BCUT2D eigenvalue weighted by Gasteiger charge is -2.22. The maximum absolute atomic E-state index is 13.5. The van der Waals surface area contributed by atoms with E-state index < -0.39 is 14.7 Å². The van der Waals surface area contributed by atoms with Gasteiger partial charge in [-0.25, -0.2) is 9.97 Å². The zero-order chi connectivity index (χ0) is 38.3. The monoisotopic (exact) mass is 757 g/mol. The zero-order valence-corrected chi connectivity index (χ0v) is 33.1. The fourth-order valence-electron chi connectivity index (χ4n) is 5.27. The smallest absolute Gasteiger partial charge is 0.247 e. The molecule has 0 aliphatic heterocycles. The van der Waals surface area contributed by atoms with Gasteiger partial charge in [0.2, 0.25) is 14.7 Å². The summed E-state index contributed by atoms with van der Waals surface area (Å²) in [4.78, 5) is 11.6. The lowest BCUT2D eigenvalue weighted by molar-refractivity contribution is 0.269. The van der Waals surface area contributed by atoms with Gasteiger partial charge in [-0.05, 0) is 86.6 Å². The number of nitrogens with zero attached hydrogens (tertiary/aromatic N) is 3. The summed E-state index contributed by atoms with van der Waals surface area (Å²) in [6.45, 7) is 10.5. The quantitative estimate of drug-likeness (QED) is 0.0857. The van der Waals surface area contributed by atoms with E-state index in [0.717, 1.165) is 22.6 Å². The third-order valence-corrected chi connectivity index (χ3v) is 11.6. The zero-order valence-electron chi connectivity index (χ0n) is 31.3. The molecule has 0 bridgehead atoms. The molecule has 0 radical (unpaired) electrons. The molecule has 0 aliphatic carbocycles. The Hall–Kier alpha value is -4.28. The van der Waals surface area contributed by atoms with Crippen molar-refractivity contribution in [2.24, 2.45) is 5.73 Å². The van der Waals surface area contributed by atoms with Crippen molar-refractivity contribution in [1.82, 2.24) is 20.2 Å². The molecule has 2 aromatic heterocycles. The molecule has 0 amide bonds. The first-order valence-electron chi connectivity index (χ1n) is 17.4. The standard InChI is InChI=1S/C40H49N5O6P2/c1-7-50-52(5,46)39-27-33(11-9-31-13-17-37(48-3)18-14-31)25-35(43-39)29-42-22-24-45(23-21-41)30-36-26-34(28-40(44-36)53(6,47)51-8-2)12-10-32-15-19-38(49-4)20-16-32/h13-20,25-28,42H,7-8,21-24,29-30,41H2,1-6H3. The number of aromatic nitrogens is 2. The van der Waals surface area contributed by atoms with Crippen molar-refractivity contribution in [3.05, 3.63) is 106 Å². The van der Waals surface area contributed by atoms with Gasteiger partial charge in [-0.15, -0.1) is 0 Å². The van der Waals surface area contributed by atoms with E-state index in [-0.39, 0.29) is 0 Å². The van der Waals surface area contributed by atoms with Gasteiger partial charge in [0, 0.05) is 74.9 Å². The molecule has 0 saturated heterocycles. The van der Waals surface area contributed by atoms with E-state index in [1.807, 2.05) is 67.6 Å². The molecule has 2 unspecified atom stereocenters. The Morgan fingerprint density at radius 3 is 1.58 bits per heavy atom. The van der Waals surface area contributed by atoms with Gasteiger partial charge in [-0.1, -0.05) is 23.7 Å². The predicted octanol–water partition coefficient (Wildman–Crippen LogP) is 4.98. The first-order valence-corrected chi connectivity index (χ1v) is 21.5. The van der Waals surface area contributed by atoms with E-state index in [1.165, 1.54) is 0 Å². The van der Waals surface area contributed by atoms with Gasteiger partial charge in [-0.3, -0.25) is 14.0 Å². The van der Waals surface area contributed by atoms with Gasteiger partial charge in [0.15, 0.2) is 0 Å². The Balaban J connectivity index is 1.51. The van der Waals surface area contributed by atoms with Gasteiger partial charge < -0.3 is 29.6 Å². The van der Waals surface area contributed by atoms with E-state index in [2.05, 4.69) is 33.9 Å². The summed E-state index contributed by atoms with van der Waals surface area (Å²) in [7, 11) is -3.09. The van der Waals surface area contributed by atoms with Crippen LogP contribution in [-0.2, 0) is 31.3 Å². The molecular weight excluding hydrogens is 708 g/mol. The van der Waals surface area contributed by atoms with E-state index in [4.69, 9.17) is 34.2 Å². The Morgan fingerprint density at radius 1 is 0.679 bits per heavy atom. The number of nitrogens with two attached hydrogens (primary N) is 1. The number of ether oxygens (including phenoxy) is 2. The molecule has 2 heterocycles. The van der Waals surface area contributed by atoms with E-state index in [9.17, 15) is 9.13 Å². The first-order chi connectivity index (χ1) is 25.5. The Bertz CT molecular complexity index is 2040. The first kappa shape index (κ1) is 41.5. The van der Waals surface area contributed by atoms with E-state index >= 15 is 0 Å². The molecule has 0 saturated carbocycles. The summed E-state index contributed by atoms with van der Waals surface area (Å²) in [5.74, 6) is 14.2. The number of hydrogen-bond acceptors (Lipinski definition) is 11. The molecule has 4 rings (SSSR count). The SMILES string of the molecule is CCOP(C)(=O)c1cc(C#Cc2ccc(OC)cc2)cc(CNCCN(CCN)Cc2cc(C#Cc3ccc(OC)cc3)cc(P(C)(=O)OCC)n2)n1. The van der Waals surface area contributed by atoms with Gasteiger partial charge in [0.1, 0.15) is 22.4 Å². The number of benzene rings is 2. The van der Waals surface area contributed by atoms with Crippen LogP contribution in [0.3, 0.4) is 0 Å². The second-order valence-electron chi connectivity index (χ2n) is 12.1. The Kier molecular flexibility index (Phi) is 15.8. The van der Waals surface area contributed by atoms with Crippen LogP contribution in [0.15, 0.2) is 72.8 Å². The molecular formula is C40H49N5O6P2. The number of pyridine rings is 2.